The van der Waals surface area contributed by atoms with Crippen molar-refractivity contribution in [3.05, 3.63) is 95.0 Å². The molecular formula is C27H31ClN2O4S. The Balaban J connectivity index is 1.82. The molecule has 3 aromatic carbocycles. The molecule has 3 aromatic rings. The molecule has 0 fully saturated rings. The Bertz CT molecular complexity index is 1210. The maximum atomic E-state index is 13.6. The van der Waals surface area contributed by atoms with Crippen molar-refractivity contribution >= 4 is 33.4 Å². The van der Waals surface area contributed by atoms with Crippen molar-refractivity contribution in [1.82, 2.24) is 4.90 Å². The van der Waals surface area contributed by atoms with E-state index in [0.29, 0.717) is 29.5 Å². The summed E-state index contributed by atoms with van der Waals surface area (Å²) in [5.74, 6) is 0.598. The predicted molar refractivity (Wildman–Crippen MR) is 143 cm³/mol. The number of halogens is 1. The zero-order valence-corrected chi connectivity index (χ0v) is 21.8. The van der Waals surface area contributed by atoms with Crippen LogP contribution >= 0.6 is 11.6 Å². The van der Waals surface area contributed by atoms with Gasteiger partial charge < -0.3 is 9.47 Å². The Kier molecular flexibility index (Phi) is 9.74. The molecule has 0 saturated carbocycles. The average Bonchev–Trinajstić information content (AvgIpc) is 2.86. The molecule has 3 rings (SSSR count). The minimum atomic E-state index is -3.81. The summed E-state index contributed by atoms with van der Waals surface area (Å²) in [6, 6.07) is 21.6. The third kappa shape index (κ3) is 7.32. The van der Waals surface area contributed by atoms with Crippen LogP contribution in [0.25, 0.3) is 6.08 Å². The second kappa shape index (κ2) is 12.7. The molecule has 0 atom stereocenters. The lowest BCUT2D eigenvalue weighted by atomic mass is 10.1. The highest BCUT2D eigenvalue weighted by Gasteiger charge is 2.26. The zero-order chi connectivity index (χ0) is 25.3. The maximum Gasteiger partial charge on any atom is 0.264 e. The molecule has 0 aliphatic heterocycles. The summed E-state index contributed by atoms with van der Waals surface area (Å²) in [7, 11) is 1.30. The van der Waals surface area contributed by atoms with Gasteiger partial charge in [-0.3, -0.25) is 9.21 Å². The third-order valence-electron chi connectivity index (χ3n) is 5.44. The summed E-state index contributed by atoms with van der Waals surface area (Å²) in [4.78, 5) is 2.32. The summed E-state index contributed by atoms with van der Waals surface area (Å²) in [5.41, 5.74) is 2.61. The molecule has 186 valence electrons. The van der Waals surface area contributed by atoms with Crippen LogP contribution in [0.2, 0.25) is 5.02 Å². The molecule has 0 N–H and O–H groups in total. The van der Waals surface area contributed by atoms with Crippen LogP contribution in [0.4, 0.5) is 5.69 Å². The Morgan fingerprint density at radius 1 is 0.943 bits per heavy atom. The Morgan fingerprint density at radius 2 is 1.63 bits per heavy atom. The topological polar surface area (TPSA) is 59.1 Å². The van der Waals surface area contributed by atoms with Gasteiger partial charge in [0.2, 0.25) is 0 Å². The molecule has 6 nitrogen and oxygen atoms in total. The van der Waals surface area contributed by atoms with E-state index in [1.54, 1.807) is 38.5 Å². The van der Waals surface area contributed by atoms with Crippen LogP contribution in [0.1, 0.15) is 11.1 Å². The molecule has 0 radical (unpaired) electrons. The van der Waals surface area contributed by atoms with Crippen molar-refractivity contribution in [1.29, 1.82) is 0 Å². The quantitative estimate of drug-likeness (QED) is 0.327. The summed E-state index contributed by atoms with van der Waals surface area (Å²) in [6.45, 7) is 1.73. The summed E-state index contributed by atoms with van der Waals surface area (Å²) < 4.78 is 39.1. The monoisotopic (exact) mass is 514 g/mol. The number of benzene rings is 3. The molecule has 35 heavy (non-hydrogen) atoms. The molecule has 8 heteroatoms. The smallest absolute Gasteiger partial charge is 0.264 e. The van der Waals surface area contributed by atoms with E-state index < -0.39 is 10.0 Å². The number of likely N-dealkylation sites (N-methyl/N-ethyl adjacent to an activating group) is 1. The van der Waals surface area contributed by atoms with Gasteiger partial charge in [-0.05, 0) is 60.6 Å². The normalized spacial score (nSPS) is 11.8. The van der Waals surface area contributed by atoms with Crippen molar-refractivity contribution in [3.63, 3.8) is 0 Å². The first-order chi connectivity index (χ1) is 16.8. The van der Waals surface area contributed by atoms with Crippen molar-refractivity contribution < 1.29 is 17.9 Å². The van der Waals surface area contributed by atoms with Gasteiger partial charge >= 0.3 is 0 Å². The highest BCUT2D eigenvalue weighted by molar-refractivity contribution is 7.92. The summed E-state index contributed by atoms with van der Waals surface area (Å²) in [5, 5.41) is 0.707. The molecule has 0 saturated heterocycles. The Morgan fingerprint density at radius 3 is 2.29 bits per heavy atom. The number of anilines is 1. The van der Waals surface area contributed by atoms with E-state index >= 15 is 0 Å². The SMILES string of the molecule is COCCN(c1ccccc1CN(C)C/C=C/c1ccc(Cl)cc1)S(=O)(=O)c1ccc(OC)cc1. The van der Waals surface area contributed by atoms with Crippen molar-refractivity contribution in [2.75, 3.05) is 45.3 Å². The van der Waals surface area contributed by atoms with Crippen LogP contribution in [0, 0.1) is 0 Å². The van der Waals surface area contributed by atoms with Gasteiger partial charge in [-0.2, -0.15) is 0 Å². The first-order valence-corrected chi connectivity index (χ1v) is 13.0. The highest BCUT2D eigenvalue weighted by Crippen LogP contribution is 2.29. The van der Waals surface area contributed by atoms with Crippen LogP contribution in [0.15, 0.2) is 83.8 Å². The van der Waals surface area contributed by atoms with E-state index in [2.05, 4.69) is 11.0 Å². The fraction of sp³-hybridized carbons (Fsp3) is 0.259. The minimum Gasteiger partial charge on any atom is -0.497 e. The number of ether oxygens (including phenoxy) is 2. The first kappa shape index (κ1) is 26.8. The van der Waals surface area contributed by atoms with Gasteiger partial charge in [0.05, 0.1) is 30.8 Å². The standard InChI is InChI=1S/C27H31ClN2O4S/c1-29(18-6-7-22-10-12-24(28)13-11-22)21-23-8-4-5-9-27(23)30(19-20-33-2)35(31,32)26-16-14-25(34-3)15-17-26/h4-17H,18-21H2,1-3H3/b7-6+. The van der Waals surface area contributed by atoms with Gasteiger partial charge in [0.25, 0.3) is 10.0 Å². The fourth-order valence-electron chi connectivity index (χ4n) is 3.61. The van der Waals surface area contributed by atoms with E-state index in [1.165, 1.54) is 4.31 Å². The summed E-state index contributed by atoms with van der Waals surface area (Å²) >= 11 is 5.95. The molecule has 0 heterocycles. The predicted octanol–water partition coefficient (Wildman–Crippen LogP) is 5.34. The minimum absolute atomic E-state index is 0.196. The number of sulfonamides is 1. The van der Waals surface area contributed by atoms with Crippen LogP contribution in [-0.2, 0) is 21.3 Å². The molecule has 0 bridgehead atoms. The van der Waals surface area contributed by atoms with E-state index in [1.807, 2.05) is 61.7 Å². The van der Waals surface area contributed by atoms with Crippen molar-refractivity contribution in [3.8, 4) is 5.75 Å². The van der Waals surface area contributed by atoms with Gasteiger partial charge in [0.15, 0.2) is 0 Å². The Labute approximate surface area is 213 Å². The van der Waals surface area contributed by atoms with Gasteiger partial charge in [0, 0.05) is 25.2 Å². The molecule has 0 aliphatic rings. The lowest BCUT2D eigenvalue weighted by Gasteiger charge is -2.28. The number of rotatable bonds is 12. The summed E-state index contributed by atoms with van der Waals surface area (Å²) in [6.07, 6.45) is 4.11. The van der Waals surface area contributed by atoms with Gasteiger partial charge in [-0.25, -0.2) is 8.42 Å². The molecule has 0 aliphatic carbocycles. The number of para-hydroxylation sites is 1. The second-order valence-electron chi connectivity index (χ2n) is 8.02. The van der Waals surface area contributed by atoms with E-state index in [0.717, 1.165) is 11.1 Å². The largest absolute Gasteiger partial charge is 0.497 e. The fourth-order valence-corrected chi connectivity index (χ4v) is 5.22. The van der Waals surface area contributed by atoms with Crippen molar-refractivity contribution in [2.45, 2.75) is 11.4 Å². The highest BCUT2D eigenvalue weighted by atomic mass is 35.5. The van der Waals surface area contributed by atoms with Gasteiger partial charge in [-0.1, -0.05) is 54.1 Å². The number of hydrogen-bond acceptors (Lipinski definition) is 5. The Hall–Kier alpha value is -2.84. The van der Waals surface area contributed by atoms with Gasteiger partial charge in [-0.15, -0.1) is 0 Å². The second-order valence-corrected chi connectivity index (χ2v) is 10.3. The van der Waals surface area contributed by atoms with Crippen LogP contribution in [-0.4, -0.2) is 54.3 Å². The zero-order valence-electron chi connectivity index (χ0n) is 20.2. The third-order valence-corrected chi connectivity index (χ3v) is 7.52. The maximum absolute atomic E-state index is 13.6. The van der Waals surface area contributed by atoms with Crippen LogP contribution in [0.3, 0.4) is 0 Å². The molecule has 0 aromatic heterocycles. The van der Waals surface area contributed by atoms with E-state index in [-0.39, 0.29) is 18.0 Å². The van der Waals surface area contributed by atoms with Crippen LogP contribution < -0.4 is 9.04 Å². The molecule has 0 amide bonds. The van der Waals surface area contributed by atoms with Gasteiger partial charge in [0.1, 0.15) is 5.75 Å². The molecular weight excluding hydrogens is 484 g/mol. The van der Waals surface area contributed by atoms with E-state index in [4.69, 9.17) is 21.1 Å². The van der Waals surface area contributed by atoms with Crippen LogP contribution in [0.5, 0.6) is 5.75 Å². The number of methoxy groups -OCH3 is 2. The first-order valence-electron chi connectivity index (χ1n) is 11.2. The van der Waals surface area contributed by atoms with Crippen molar-refractivity contribution in [2.24, 2.45) is 0 Å². The molecule has 0 spiro atoms. The lowest BCUT2D eigenvalue weighted by molar-refractivity contribution is 0.208. The molecule has 0 unspecified atom stereocenters. The van der Waals surface area contributed by atoms with E-state index in [9.17, 15) is 8.42 Å². The lowest BCUT2D eigenvalue weighted by Crippen LogP contribution is -2.35. The number of hydrogen-bond donors (Lipinski definition) is 0. The number of nitrogens with zero attached hydrogens (tertiary/aromatic N) is 2. The average molecular weight is 515 g/mol.